The minimum atomic E-state index is -0.491. The van der Waals surface area contributed by atoms with Crippen molar-refractivity contribution in [1.82, 2.24) is 4.90 Å². The average Bonchev–Trinajstić information content (AvgIpc) is 2.89. The second kappa shape index (κ2) is 8.37. The van der Waals surface area contributed by atoms with Crippen LogP contribution in [0.15, 0.2) is 41.4 Å². The molecule has 1 saturated heterocycles. The first-order chi connectivity index (χ1) is 13.2. The summed E-state index contributed by atoms with van der Waals surface area (Å²) < 4.78 is 0. The van der Waals surface area contributed by atoms with Gasteiger partial charge in [0.1, 0.15) is 5.25 Å². The van der Waals surface area contributed by atoms with E-state index in [2.05, 4.69) is 10.3 Å². The lowest BCUT2D eigenvalue weighted by molar-refractivity contribution is -0.127. The van der Waals surface area contributed by atoms with Crippen LogP contribution in [0.1, 0.15) is 23.1 Å². The Bertz CT molecular complexity index is 974. The first-order valence-corrected chi connectivity index (χ1v) is 10.2. The summed E-state index contributed by atoms with van der Waals surface area (Å²) in [6.07, 6.45) is 0.0751. The van der Waals surface area contributed by atoms with Crippen LogP contribution in [0.4, 0.5) is 11.4 Å². The van der Waals surface area contributed by atoms with E-state index in [4.69, 9.17) is 11.6 Å². The van der Waals surface area contributed by atoms with Crippen LogP contribution in [0.3, 0.4) is 0 Å². The van der Waals surface area contributed by atoms with Gasteiger partial charge in [-0.05, 0) is 61.7 Å². The summed E-state index contributed by atoms with van der Waals surface area (Å²) in [5.41, 5.74) is 4.71. The van der Waals surface area contributed by atoms with Crippen molar-refractivity contribution in [3.05, 3.63) is 58.1 Å². The Morgan fingerprint density at radius 2 is 1.86 bits per heavy atom. The Morgan fingerprint density at radius 3 is 2.57 bits per heavy atom. The highest BCUT2D eigenvalue weighted by molar-refractivity contribution is 8.15. The van der Waals surface area contributed by atoms with Crippen LogP contribution in [0.2, 0.25) is 5.02 Å². The molecule has 3 rings (SSSR count). The molecule has 2 aromatic rings. The van der Waals surface area contributed by atoms with E-state index in [1.807, 2.05) is 45.0 Å². The van der Waals surface area contributed by atoms with Gasteiger partial charge in [-0.15, -0.1) is 0 Å². The van der Waals surface area contributed by atoms with Gasteiger partial charge in [0.05, 0.1) is 5.69 Å². The van der Waals surface area contributed by atoms with E-state index in [1.54, 1.807) is 19.2 Å². The molecule has 1 N–H and O–H groups in total. The lowest BCUT2D eigenvalue weighted by Crippen LogP contribution is -2.30. The fraction of sp³-hybridized carbons (Fsp3) is 0.286. The van der Waals surface area contributed by atoms with Gasteiger partial charge in [0, 0.05) is 24.2 Å². The Morgan fingerprint density at radius 1 is 1.14 bits per heavy atom. The maximum absolute atomic E-state index is 12.6. The quantitative estimate of drug-likeness (QED) is 0.775. The van der Waals surface area contributed by atoms with E-state index < -0.39 is 5.25 Å². The van der Waals surface area contributed by atoms with Gasteiger partial charge in [0.25, 0.3) is 0 Å². The summed E-state index contributed by atoms with van der Waals surface area (Å²) in [6, 6.07) is 11.2. The molecule has 146 valence electrons. The molecule has 1 aliphatic heterocycles. The molecular weight excluding hydrogens is 394 g/mol. The number of amidine groups is 1. The van der Waals surface area contributed by atoms with Gasteiger partial charge in [0.2, 0.25) is 11.8 Å². The molecule has 0 unspecified atom stereocenters. The van der Waals surface area contributed by atoms with Gasteiger partial charge in [-0.25, -0.2) is 4.99 Å². The van der Waals surface area contributed by atoms with Gasteiger partial charge in [0.15, 0.2) is 5.17 Å². The number of benzene rings is 2. The van der Waals surface area contributed by atoms with Gasteiger partial charge in [-0.1, -0.05) is 35.5 Å². The van der Waals surface area contributed by atoms with Crippen LogP contribution in [-0.2, 0) is 9.59 Å². The van der Waals surface area contributed by atoms with Crippen molar-refractivity contribution in [3.8, 4) is 0 Å². The molecule has 1 aliphatic rings. The number of aryl methyl sites for hydroxylation is 3. The molecular formula is C21H22ClN3O2S. The minimum Gasteiger partial charge on any atom is -0.326 e. The predicted molar refractivity (Wildman–Crippen MR) is 117 cm³/mol. The average molecular weight is 416 g/mol. The normalized spacial score (nSPS) is 18.0. The Labute approximate surface area is 174 Å². The molecule has 1 fully saturated rings. The number of nitrogens with one attached hydrogen (secondary N) is 1. The number of nitrogens with zero attached hydrogens (tertiary/aromatic N) is 2. The molecule has 7 heteroatoms. The molecule has 0 bridgehead atoms. The summed E-state index contributed by atoms with van der Waals surface area (Å²) in [6.45, 7) is 5.96. The van der Waals surface area contributed by atoms with Gasteiger partial charge in [-0.2, -0.15) is 0 Å². The smallest absolute Gasteiger partial charge is 0.242 e. The molecule has 5 nitrogen and oxygen atoms in total. The predicted octanol–water partition coefficient (Wildman–Crippen LogP) is 4.86. The number of hydrogen-bond donors (Lipinski definition) is 1. The van der Waals surface area contributed by atoms with Gasteiger partial charge >= 0.3 is 0 Å². The fourth-order valence-electron chi connectivity index (χ4n) is 2.80. The van der Waals surface area contributed by atoms with Crippen molar-refractivity contribution in [3.63, 3.8) is 0 Å². The lowest BCUT2D eigenvalue weighted by atomic mass is 10.1. The molecule has 1 atom stereocenters. The molecule has 0 radical (unpaired) electrons. The standard InChI is InChI=1S/C21H22ClN3O2S/c1-12-6-8-16(9-14(12)3)23-21-25(4)20(27)18(28-21)11-19(26)24-17-10-15(22)7-5-13(17)2/h5-10,18H,11H2,1-4H3,(H,24,26)/t18-/m1/s1. The highest BCUT2D eigenvalue weighted by atomic mass is 35.5. The van der Waals surface area contributed by atoms with Crippen LogP contribution in [0.5, 0.6) is 0 Å². The fourth-order valence-corrected chi connectivity index (χ4v) is 4.13. The van der Waals surface area contributed by atoms with Gasteiger partial charge < -0.3 is 5.32 Å². The highest BCUT2D eigenvalue weighted by Crippen LogP contribution is 2.31. The number of rotatable bonds is 4. The minimum absolute atomic E-state index is 0.0751. The largest absolute Gasteiger partial charge is 0.326 e. The molecule has 0 aromatic heterocycles. The molecule has 1 heterocycles. The zero-order valence-electron chi connectivity index (χ0n) is 16.2. The number of anilines is 1. The Kier molecular flexibility index (Phi) is 6.10. The summed E-state index contributed by atoms with van der Waals surface area (Å²) in [7, 11) is 1.69. The Balaban J connectivity index is 1.70. The van der Waals surface area contributed by atoms with Crippen molar-refractivity contribution in [1.29, 1.82) is 0 Å². The zero-order valence-corrected chi connectivity index (χ0v) is 17.8. The Hall–Kier alpha value is -2.31. The number of carbonyl (C=O) groups excluding carboxylic acids is 2. The van der Waals surface area contributed by atoms with Gasteiger partial charge in [-0.3, -0.25) is 14.5 Å². The van der Waals surface area contributed by atoms with E-state index in [1.165, 1.54) is 22.2 Å². The maximum Gasteiger partial charge on any atom is 0.242 e. The van der Waals surface area contributed by atoms with Crippen LogP contribution in [0.25, 0.3) is 0 Å². The third kappa shape index (κ3) is 4.56. The number of halogens is 1. The lowest BCUT2D eigenvalue weighted by Gasteiger charge is -2.11. The first-order valence-electron chi connectivity index (χ1n) is 8.91. The maximum atomic E-state index is 12.6. The number of hydrogen-bond acceptors (Lipinski definition) is 4. The monoisotopic (exact) mass is 415 g/mol. The third-order valence-corrected chi connectivity index (χ3v) is 6.16. The summed E-state index contributed by atoms with van der Waals surface area (Å²) in [5.74, 6) is -0.345. The second-order valence-corrected chi connectivity index (χ2v) is 8.48. The summed E-state index contributed by atoms with van der Waals surface area (Å²) >= 11 is 7.32. The van der Waals surface area contributed by atoms with Crippen LogP contribution in [0, 0.1) is 20.8 Å². The molecule has 2 amide bonds. The van der Waals surface area contributed by atoms with Crippen molar-refractivity contribution in [2.45, 2.75) is 32.4 Å². The van der Waals surface area contributed by atoms with Crippen LogP contribution in [-0.4, -0.2) is 34.2 Å². The molecule has 28 heavy (non-hydrogen) atoms. The van der Waals surface area contributed by atoms with Crippen molar-refractivity contribution in [2.75, 3.05) is 12.4 Å². The van der Waals surface area contributed by atoms with E-state index in [-0.39, 0.29) is 18.2 Å². The zero-order chi connectivity index (χ0) is 20.4. The third-order valence-electron chi connectivity index (χ3n) is 4.70. The molecule has 0 saturated carbocycles. The molecule has 0 aliphatic carbocycles. The summed E-state index contributed by atoms with van der Waals surface area (Å²) in [4.78, 5) is 31.1. The molecule has 2 aromatic carbocycles. The van der Waals surface area contributed by atoms with E-state index in [9.17, 15) is 9.59 Å². The van der Waals surface area contributed by atoms with Crippen molar-refractivity contribution < 1.29 is 9.59 Å². The van der Waals surface area contributed by atoms with Crippen molar-refractivity contribution in [2.24, 2.45) is 4.99 Å². The highest BCUT2D eigenvalue weighted by Gasteiger charge is 2.37. The van der Waals surface area contributed by atoms with E-state index in [0.29, 0.717) is 15.9 Å². The SMILES string of the molecule is Cc1ccc(N=C2S[C@H](CC(=O)Nc3cc(Cl)ccc3C)C(=O)N2C)cc1C. The van der Waals surface area contributed by atoms with Crippen LogP contribution < -0.4 is 5.32 Å². The van der Waals surface area contributed by atoms with Crippen molar-refractivity contribution >= 4 is 51.7 Å². The van der Waals surface area contributed by atoms with E-state index in [0.717, 1.165) is 16.8 Å². The summed E-state index contributed by atoms with van der Waals surface area (Å²) in [5, 5.41) is 3.51. The topological polar surface area (TPSA) is 61.8 Å². The number of carbonyl (C=O) groups is 2. The number of amides is 2. The second-order valence-electron chi connectivity index (χ2n) is 6.88. The first kappa shape index (κ1) is 20.4. The van der Waals surface area contributed by atoms with Crippen LogP contribution >= 0.6 is 23.4 Å². The number of thioether (sulfide) groups is 1. The molecule has 0 spiro atoms. The number of aliphatic imine (C=N–C) groups is 1. The van der Waals surface area contributed by atoms with E-state index >= 15 is 0 Å².